The Morgan fingerprint density at radius 2 is 2.06 bits per heavy atom. The topological polar surface area (TPSA) is 35.8 Å². The lowest BCUT2D eigenvalue weighted by atomic mass is 9.74. The van der Waals surface area contributed by atoms with E-state index >= 15 is 0 Å². The second-order valence-corrected chi connectivity index (χ2v) is 5.51. The van der Waals surface area contributed by atoms with Gasteiger partial charge in [-0.1, -0.05) is 50.1 Å². The summed E-state index contributed by atoms with van der Waals surface area (Å²) in [5.41, 5.74) is 0.915. The van der Waals surface area contributed by atoms with Crippen molar-refractivity contribution in [1.82, 2.24) is 5.32 Å². The lowest BCUT2D eigenvalue weighted by molar-refractivity contribution is 0.196. The van der Waals surface area contributed by atoms with Crippen molar-refractivity contribution >= 4 is 0 Å². The monoisotopic (exact) mass is 242 g/mol. The predicted molar refractivity (Wildman–Crippen MR) is 74.0 cm³/mol. The van der Waals surface area contributed by atoms with Crippen LogP contribution in [0.25, 0.3) is 0 Å². The van der Waals surface area contributed by atoms with Crippen molar-refractivity contribution in [3.63, 3.8) is 0 Å². The summed E-state index contributed by atoms with van der Waals surface area (Å²) in [4.78, 5) is 0. The molecule has 2 rings (SSSR count). The molecule has 0 saturated heterocycles. The van der Waals surface area contributed by atoms with Crippen LogP contribution in [0.5, 0.6) is 0 Å². The second kappa shape index (κ2) is 5.54. The van der Waals surface area contributed by atoms with Crippen LogP contribution in [0.1, 0.15) is 51.1 Å². The van der Waals surface area contributed by atoms with E-state index in [4.69, 9.17) is 0 Å². The molecule has 0 bridgehead atoms. The first kappa shape index (κ1) is 13.1. The first-order valence-corrected chi connectivity index (χ1v) is 6.92. The van der Waals surface area contributed by atoms with E-state index < -0.39 is 0 Å². The molecule has 0 spiro atoms. The van der Waals surface area contributed by atoms with E-state index in [1.165, 1.54) is 12.0 Å². The van der Waals surface area contributed by atoms with Gasteiger partial charge in [-0.2, -0.15) is 5.26 Å². The number of hydrogen-bond donors (Lipinski definition) is 1. The van der Waals surface area contributed by atoms with E-state index in [9.17, 15) is 5.26 Å². The highest BCUT2D eigenvalue weighted by Crippen LogP contribution is 2.35. The summed E-state index contributed by atoms with van der Waals surface area (Å²) < 4.78 is 0. The van der Waals surface area contributed by atoms with Gasteiger partial charge in [-0.05, 0) is 31.2 Å². The van der Waals surface area contributed by atoms with Crippen molar-refractivity contribution in [2.45, 2.75) is 51.1 Å². The van der Waals surface area contributed by atoms with Crippen LogP contribution < -0.4 is 5.32 Å². The molecule has 1 saturated carbocycles. The minimum absolute atomic E-state index is 0.228. The highest BCUT2D eigenvalue weighted by molar-refractivity contribution is 5.21. The van der Waals surface area contributed by atoms with Crippen LogP contribution >= 0.6 is 0 Å². The van der Waals surface area contributed by atoms with Gasteiger partial charge in [-0.15, -0.1) is 0 Å². The van der Waals surface area contributed by atoms with Gasteiger partial charge >= 0.3 is 0 Å². The summed E-state index contributed by atoms with van der Waals surface area (Å²) in [7, 11) is 0. The zero-order valence-electron chi connectivity index (χ0n) is 11.3. The molecule has 1 fully saturated rings. The Hall–Kier alpha value is -1.33. The maximum absolute atomic E-state index is 9.60. The Morgan fingerprint density at radius 3 is 2.67 bits per heavy atom. The SMILES string of the molecule is C[C@H](N[C@]1(C#N)CCCC[C@H]1C)c1ccccc1. The van der Waals surface area contributed by atoms with Gasteiger partial charge in [-0.25, -0.2) is 0 Å². The van der Waals surface area contributed by atoms with Gasteiger partial charge in [0, 0.05) is 6.04 Å². The van der Waals surface area contributed by atoms with Crippen LogP contribution in [0.4, 0.5) is 0 Å². The maximum atomic E-state index is 9.60. The second-order valence-electron chi connectivity index (χ2n) is 5.51. The van der Waals surface area contributed by atoms with Crippen molar-refractivity contribution in [3.05, 3.63) is 35.9 Å². The van der Waals surface area contributed by atoms with E-state index in [1.807, 2.05) is 6.07 Å². The van der Waals surface area contributed by atoms with E-state index in [0.717, 1.165) is 19.3 Å². The number of nitrogens with one attached hydrogen (secondary N) is 1. The maximum Gasteiger partial charge on any atom is 0.109 e. The zero-order chi connectivity index (χ0) is 13.0. The minimum Gasteiger partial charge on any atom is -0.293 e. The van der Waals surface area contributed by atoms with Gasteiger partial charge in [0.15, 0.2) is 0 Å². The third-order valence-corrected chi connectivity index (χ3v) is 4.27. The Balaban J connectivity index is 2.13. The van der Waals surface area contributed by atoms with Crippen LogP contribution in [-0.4, -0.2) is 5.54 Å². The first-order valence-electron chi connectivity index (χ1n) is 6.92. The molecule has 1 aromatic rings. The molecule has 0 aromatic heterocycles. The standard InChI is InChI=1S/C16H22N2/c1-13-8-6-7-11-16(13,12-17)18-14(2)15-9-4-3-5-10-15/h3-5,9-10,13-14,18H,6-8,11H2,1-2H3/t13-,14+,16+/m1/s1. The lowest BCUT2D eigenvalue weighted by Gasteiger charge is -2.40. The number of benzene rings is 1. The molecule has 3 atom stereocenters. The van der Waals surface area contributed by atoms with Crippen molar-refractivity contribution in [3.8, 4) is 6.07 Å². The summed E-state index contributed by atoms with van der Waals surface area (Å²) in [6.07, 6.45) is 4.54. The normalized spacial score (nSPS) is 29.5. The molecule has 0 radical (unpaired) electrons. The van der Waals surface area contributed by atoms with Gasteiger partial charge < -0.3 is 0 Å². The van der Waals surface area contributed by atoms with E-state index in [1.54, 1.807) is 0 Å². The van der Waals surface area contributed by atoms with Gasteiger partial charge in [0.1, 0.15) is 5.54 Å². The molecule has 1 N–H and O–H groups in total. The molecule has 96 valence electrons. The van der Waals surface area contributed by atoms with E-state index in [2.05, 4.69) is 49.5 Å². The molecule has 1 aromatic carbocycles. The first-order chi connectivity index (χ1) is 8.68. The lowest BCUT2D eigenvalue weighted by Crippen LogP contribution is -2.51. The Bertz CT molecular complexity index is 420. The van der Waals surface area contributed by atoms with Crippen molar-refractivity contribution in [1.29, 1.82) is 5.26 Å². The highest BCUT2D eigenvalue weighted by atomic mass is 15.0. The molecule has 0 heterocycles. The van der Waals surface area contributed by atoms with Crippen LogP contribution in [0.15, 0.2) is 30.3 Å². The molecule has 2 nitrogen and oxygen atoms in total. The number of hydrogen-bond acceptors (Lipinski definition) is 2. The summed E-state index contributed by atoms with van der Waals surface area (Å²) in [6, 6.07) is 13.2. The van der Waals surface area contributed by atoms with Crippen molar-refractivity contribution in [2.24, 2.45) is 5.92 Å². The molecule has 1 aliphatic rings. The zero-order valence-corrected chi connectivity index (χ0v) is 11.3. The average molecular weight is 242 g/mol. The largest absolute Gasteiger partial charge is 0.293 e. The Morgan fingerprint density at radius 1 is 1.33 bits per heavy atom. The van der Waals surface area contributed by atoms with Gasteiger partial charge in [-0.3, -0.25) is 5.32 Å². The highest BCUT2D eigenvalue weighted by Gasteiger charge is 2.39. The minimum atomic E-state index is -0.340. The van der Waals surface area contributed by atoms with Crippen LogP contribution in [0, 0.1) is 17.2 Å². The summed E-state index contributed by atoms with van der Waals surface area (Å²) in [5, 5.41) is 13.2. The summed E-state index contributed by atoms with van der Waals surface area (Å²) in [6.45, 7) is 4.35. The van der Waals surface area contributed by atoms with Crippen molar-refractivity contribution in [2.75, 3.05) is 0 Å². The third kappa shape index (κ3) is 2.57. The fourth-order valence-electron chi connectivity index (χ4n) is 2.97. The quantitative estimate of drug-likeness (QED) is 0.875. The average Bonchev–Trinajstić information content (AvgIpc) is 2.42. The molecule has 18 heavy (non-hydrogen) atoms. The van der Waals surface area contributed by atoms with Crippen LogP contribution in [0.3, 0.4) is 0 Å². The van der Waals surface area contributed by atoms with Crippen LogP contribution in [0.2, 0.25) is 0 Å². The number of nitrogens with zero attached hydrogens (tertiary/aromatic N) is 1. The summed E-state index contributed by atoms with van der Waals surface area (Å²) >= 11 is 0. The van der Waals surface area contributed by atoms with Gasteiger partial charge in [0.2, 0.25) is 0 Å². The van der Waals surface area contributed by atoms with Gasteiger partial charge in [0.25, 0.3) is 0 Å². The van der Waals surface area contributed by atoms with E-state index in [-0.39, 0.29) is 11.6 Å². The molecule has 0 aliphatic heterocycles. The number of rotatable bonds is 3. The smallest absolute Gasteiger partial charge is 0.109 e. The van der Waals surface area contributed by atoms with E-state index in [0.29, 0.717) is 5.92 Å². The fraction of sp³-hybridized carbons (Fsp3) is 0.562. The molecule has 0 unspecified atom stereocenters. The molecule has 2 heteroatoms. The summed E-state index contributed by atoms with van der Waals surface area (Å²) in [5.74, 6) is 0.433. The van der Waals surface area contributed by atoms with Crippen molar-refractivity contribution < 1.29 is 0 Å². The third-order valence-electron chi connectivity index (χ3n) is 4.27. The molecule has 0 amide bonds. The van der Waals surface area contributed by atoms with Gasteiger partial charge in [0.05, 0.1) is 6.07 Å². The Kier molecular flexibility index (Phi) is 4.04. The predicted octanol–water partition coefficient (Wildman–Crippen LogP) is 3.81. The molecule has 1 aliphatic carbocycles. The fourth-order valence-corrected chi connectivity index (χ4v) is 2.97. The molecular formula is C16H22N2. The molecular weight excluding hydrogens is 220 g/mol. The van der Waals surface area contributed by atoms with Crippen LogP contribution in [-0.2, 0) is 0 Å². The number of nitriles is 1. The Labute approximate surface area is 110 Å².